The molecule has 0 atom stereocenters. The van der Waals surface area contributed by atoms with Crippen LogP contribution < -0.4 is 10.2 Å². The summed E-state index contributed by atoms with van der Waals surface area (Å²) in [4.78, 5) is 13.7. The summed E-state index contributed by atoms with van der Waals surface area (Å²) in [6.07, 6.45) is 2.06. The molecule has 1 N–H and O–H groups in total. The molecule has 0 saturated heterocycles. The number of nitrogens with zero attached hydrogens (tertiary/aromatic N) is 1. The average Bonchev–Trinajstić information content (AvgIpc) is 2.38. The summed E-state index contributed by atoms with van der Waals surface area (Å²) in [5.41, 5.74) is 2.28. The van der Waals surface area contributed by atoms with E-state index in [1.54, 1.807) is 6.07 Å². The van der Waals surface area contributed by atoms with Crippen molar-refractivity contribution in [3.63, 3.8) is 0 Å². The van der Waals surface area contributed by atoms with E-state index in [0.717, 1.165) is 25.1 Å². The van der Waals surface area contributed by atoms with Crippen LogP contribution in [0.25, 0.3) is 0 Å². The second-order valence-corrected chi connectivity index (χ2v) is 6.78. The second kappa shape index (κ2) is 6.55. The van der Waals surface area contributed by atoms with Crippen molar-refractivity contribution >= 4 is 11.8 Å². The highest BCUT2D eigenvalue weighted by atomic mass is 19.1. The number of carbonyl (C=O) groups excluding carboxylic acids is 1. The lowest BCUT2D eigenvalue weighted by atomic mass is 9.98. The zero-order valence-corrected chi connectivity index (χ0v) is 13.8. The summed E-state index contributed by atoms with van der Waals surface area (Å²) in [7, 11) is 1.99. The smallest absolute Gasteiger partial charge is 0.407 e. The van der Waals surface area contributed by atoms with Crippen LogP contribution in [0.3, 0.4) is 0 Å². The van der Waals surface area contributed by atoms with Gasteiger partial charge in [-0.3, -0.25) is 0 Å². The fourth-order valence-corrected chi connectivity index (χ4v) is 2.65. The Morgan fingerprint density at radius 3 is 2.82 bits per heavy atom. The lowest BCUT2D eigenvalue weighted by molar-refractivity contribution is 0.0528. The minimum Gasteiger partial charge on any atom is -0.444 e. The molecule has 122 valence electrons. The van der Waals surface area contributed by atoms with E-state index in [9.17, 15) is 9.18 Å². The van der Waals surface area contributed by atoms with E-state index in [0.29, 0.717) is 18.5 Å². The molecular formula is C17H25FN2O2. The van der Waals surface area contributed by atoms with Crippen molar-refractivity contribution in [1.82, 2.24) is 5.32 Å². The van der Waals surface area contributed by atoms with Crippen LogP contribution in [-0.2, 0) is 17.6 Å². The minimum absolute atomic E-state index is 0.210. The van der Waals surface area contributed by atoms with Crippen molar-refractivity contribution in [3.8, 4) is 0 Å². The molecule has 0 fully saturated rings. The van der Waals surface area contributed by atoms with Crippen LogP contribution in [0.5, 0.6) is 0 Å². The van der Waals surface area contributed by atoms with E-state index in [1.165, 1.54) is 5.56 Å². The largest absolute Gasteiger partial charge is 0.444 e. The predicted molar refractivity (Wildman–Crippen MR) is 85.9 cm³/mol. The molecule has 5 heteroatoms. The molecule has 0 unspecified atom stereocenters. The van der Waals surface area contributed by atoms with Crippen molar-refractivity contribution in [2.75, 3.05) is 25.0 Å². The number of hydrogen-bond acceptors (Lipinski definition) is 3. The third kappa shape index (κ3) is 4.36. The molecule has 0 aliphatic carbocycles. The topological polar surface area (TPSA) is 41.6 Å². The van der Waals surface area contributed by atoms with Crippen molar-refractivity contribution < 1.29 is 13.9 Å². The molecule has 22 heavy (non-hydrogen) atoms. The van der Waals surface area contributed by atoms with Crippen LogP contribution in [0.15, 0.2) is 12.1 Å². The Hall–Kier alpha value is -1.78. The standard InChI is InChI=1S/C17H25FN2O2/c1-17(2,3)22-16(21)19-8-7-12-10-13-6-5-9-20(4)15(13)11-14(12)18/h10-11H,5-9H2,1-4H3,(H,19,21). The molecule has 0 aromatic heterocycles. The molecule has 0 radical (unpaired) electrons. The van der Waals surface area contributed by atoms with Crippen LogP contribution in [-0.4, -0.2) is 31.8 Å². The molecule has 0 spiro atoms. The molecule has 2 rings (SSSR count). The van der Waals surface area contributed by atoms with E-state index in [4.69, 9.17) is 4.74 Å². The SMILES string of the molecule is CN1CCCc2cc(CCNC(=O)OC(C)(C)C)c(F)cc21. The maximum Gasteiger partial charge on any atom is 0.407 e. The summed E-state index contributed by atoms with van der Waals surface area (Å²) >= 11 is 0. The molecule has 0 saturated carbocycles. The first-order valence-electron chi connectivity index (χ1n) is 7.75. The van der Waals surface area contributed by atoms with Crippen molar-refractivity contribution in [1.29, 1.82) is 0 Å². The van der Waals surface area contributed by atoms with Gasteiger partial charge in [0.05, 0.1) is 0 Å². The van der Waals surface area contributed by atoms with Crippen LogP contribution in [0.2, 0.25) is 0 Å². The third-order valence-electron chi connectivity index (χ3n) is 3.66. The highest BCUT2D eigenvalue weighted by molar-refractivity contribution is 5.67. The fourth-order valence-electron chi connectivity index (χ4n) is 2.65. The molecule has 4 nitrogen and oxygen atoms in total. The van der Waals surface area contributed by atoms with Gasteiger partial charge in [0.1, 0.15) is 11.4 Å². The number of nitrogens with one attached hydrogen (secondary N) is 1. The Kier molecular flexibility index (Phi) is 4.94. The van der Waals surface area contributed by atoms with Gasteiger partial charge in [0.15, 0.2) is 0 Å². The molecule has 0 bridgehead atoms. The summed E-state index contributed by atoms with van der Waals surface area (Å²) in [5, 5.41) is 2.67. The number of rotatable bonds is 3. The Morgan fingerprint density at radius 1 is 1.41 bits per heavy atom. The molecule has 1 aromatic rings. The predicted octanol–water partition coefficient (Wildman–Crippen LogP) is 3.28. The minimum atomic E-state index is -0.522. The van der Waals surface area contributed by atoms with Crippen molar-refractivity contribution in [2.45, 2.75) is 45.6 Å². The van der Waals surface area contributed by atoms with Crippen LogP contribution in [0, 0.1) is 5.82 Å². The maximum absolute atomic E-state index is 14.2. The van der Waals surface area contributed by atoms with E-state index in [1.807, 2.05) is 33.9 Å². The van der Waals surface area contributed by atoms with Gasteiger partial charge in [0.2, 0.25) is 0 Å². The maximum atomic E-state index is 14.2. The van der Waals surface area contributed by atoms with Gasteiger partial charge in [0.25, 0.3) is 0 Å². The number of amides is 1. The molecule has 1 aromatic carbocycles. The number of alkyl carbamates (subject to hydrolysis) is 1. The Balaban J connectivity index is 1.95. The summed E-state index contributed by atoms with van der Waals surface area (Å²) < 4.78 is 19.3. The number of fused-ring (bicyclic) bond motifs is 1. The number of benzene rings is 1. The summed E-state index contributed by atoms with van der Waals surface area (Å²) in [6.45, 7) is 6.76. The van der Waals surface area contributed by atoms with E-state index < -0.39 is 11.7 Å². The number of halogens is 1. The number of ether oxygens (including phenoxy) is 1. The number of anilines is 1. The summed E-state index contributed by atoms with van der Waals surface area (Å²) in [5.74, 6) is -0.210. The molecule has 1 amide bonds. The van der Waals surface area contributed by atoms with Gasteiger partial charge in [-0.05, 0) is 57.2 Å². The zero-order chi connectivity index (χ0) is 16.3. The van der Waals surface area contributed by atoms with Crippen molar-refractivity contribution in [3.05, 3.63) is 29.1 Å². The first-order valence-corrected chi connectivity index (χ1v) is 7.75. The van der Waals surface area contributed by atoms with Gasteiger partial charge in [-0.2, -0.15) is 0 Å². The Bertz CT molecular complexity index is 552. The highest BCUT2D eigenvalue weighted by Gasteiger charge is 2.18. The highest BCUT2D eigenvalue weighted by Crippen LogP contribution is 2.28. The van der Waals surface area contributed by atoms with Crippen molar-refractivity contribution in [2.24, 2.45) is 0 Å². The van der Waals surface area contributed by atoms with Crippen LogP contribution in [0.1, 0.15) is 38.3 Å². The summed E-state index contributed by atoms with van der Waals surface area (Å²) in [6, 6.07) is 3.54. The molecule has 1 aliphatic heterocycles. The molecule has 1 heterocycles. The normalized spacial score (nSPS) is 14.5. The number of aryl methyl sites for hydroxylation is 1. The van der Waals surface area contributed by atoms with Gasteiger partial charge in [-0.15, -0.1) is 0 Å². The second-order valence-electron chi connectivity index (χ2n) is 6.78. The monoisotopic (exact) mass is 308 g/mol. The Labute approximate surface area is 131 Å². The average molecular weight is 308 g/mol. The van der Waals surface area contributed by atoms with E-state index in [2.05, 4.69) is 10.2 Å². The third-order valence-corrected chi connectivity index (χ3v) is 3.66. The Morgan fingerprint density at radius 2 is 2.14 bits per heavy atom. The molecule has 1 aliphatic rings. The van der Waals surface area contributed by atoms with Gasteiger partial charge in [0, 0.05) is 25.8 Å². The number of carbonyl (C=O) groups is 1. The van der Waals surface area contributed by atoms with Crippen LogP contribution in [0.4, 0.5) is 14.9 Å². The van der Waals surface area contributed by atoms with E-state index >= 15 is 0 Å². The van der Waals surface area contributed by atoms with Gasteiger partial charge in [-0.25, -0.2) is 9.18 Å². The lowest BCUT2D eigenvalue weighted by Crippen LogP contribution is -2.33. The quantitative estimate of drug-likeness (QED) is 0.932. The number of hydrogen-bond donors (Lipinski definition) is 1. The van der Waals surface area contributed by atoms with Gasteiger partial charge in [-0.1, -0.05) is 6.07 Å². The first kappa shape index (κ1) is 16.6. The van der Waals surface area contributed by atoms with Gasteiger partial charge < -0.3 is 15.0 Å². The van der Waals surface area contributed by atoms with Crippen LogP contribution >= 0.6 is 0 Å². The fraction of sp³-hybridized carbons (Fsp3) is 0.588. The van der Waals surface area contributed by atoms with Gasteiger partial charge >= 0.3 is 6.09 Å². The first-order chi connectivity index (χ1) is 10.3. The lowest BCUT2D eigenvalue weighted by Gasteiger charge is -2.28. The van der Waals surface area contributed by atoms with E-state index in [-0.39, 0.29) is 5.82 Å². The molecular weight excluding hydrogens is 283 g/mol. The zero-order valence-electron chi connectivity index (χ0n) is 13.8.